The van der Waals surface area contributed by atoms with Crippen LogP contribution in [0.2, 0.25) is 0 Å². The van der Waals surface area contributed by atoms with Gasteiger partial charge in [-0.3, -0.25) is 14.7 Å². The molecule has 0 radical (unpaired) electrons. The molecule has 2 heterocycles. The van der Waals surface area contributed by atoms with Crippen molar-refractivity contribution in [3.63, 3.8) is 0 Å². The molecule has 0 saturated carbocycles. The number of rotatable bonds is 7. The zero-order valence-corrected chi connectivity index (χ0v) is 14.1. The molecule has 3 rings (SSSR count). The van der Waals surface area contributed by atoms with Gasteiger partial charge >= 0.3 is 0 Å². The van der Waals surface area contributed by atoms with Gasteiger partial charge in [-0.1, -0.05) is 36.4 Å². The van der Waals surface area contributed by atoms with Crippen molar-refractivity contribution in [2.45, 2.75) is 25.8 Å². The van der Waals surface area contributed by atoms with Crippen LogP contribution in [0.5, 0.6) is 0 Å². The van der Waals surface area contributed by atoms with Gasteiger partial charge in [0.1, 0.15) is 0 Å². The minimum Gasteiger partial charge on any atom is -0.342 e. The highest BCUT2D eigenvalue weighted by molar-refractivity contribution is 5.78. The maximum atomic E-state index is 12.5. The first-order valence-electron chi connectivity index (χ1n) is 8.74. The molecule has 0 N–H and O–H groups in total. The summed E-state index contributed by atoms with van der Waals surface area (Å²) in [7, 11) is 0. The highest BCUT2D eigenvalue weighted by Gasteiger charge is 2.20. The lowest BCUT2D eigenvalue weighted by Gasteiger charge is -2.25. The van der Waals surface area contributed by atoms with Crippen LogP contribution in [0.15, 0.2) is 54.9 Å². The van der Waals surface area contributed by atoms with E-state index in [-0.39, 0.29) is 5.91 Å². The van der Waals surface area contributed by atoms with Crippen LogP contribution < -0.4 is 0 Å². The molecule has 0 aliphatic carbocycles. The smallest absolute Gasteiger partial charge is 0.236 e. The number of nitrogens with zero attached hydrogens (tertiary/aromatic N) is 3. The van der Waals surface area contributed by atoms with Gasteiger partial charge < -0.3 is 4.90 Å². The number of hydrogen-bond donors (Lipinski definition) is 0. The van der Waals surface area contributed by atoms with E-state index in [1.807, 2.05) is 23.2 Å². The SMILES string of the molecule is O=C(CN(CCc1ccccc1)Cc1cccnc1)N1CCCC1. The molecule has 24 heavy (non-hydrogen) atoms. The van der Waals surface area contributed by atoms with Crippen molar-refractivity contribution in [2.24, 2.45) is 0 Å². The monoisotopic (exact) mass is 323 g/mol. The van der Waals surface area contributed by atoms with E-state index in [2.05, 4.69) is 40.2 Å². The average molecular weight is 323 g/mol. The highest BCUT2D eigenvalue weighted by Crippen LogP contribution is 2.11. The summed E-state index contributed by atoms with van der Waals surface area (Å²) in [4.78, 5) is 21.0. The molecule has 4 nitrogen and oxygen atoms in total. The molecule has 126 valence electrons. The molecular weight excluding hydrogens is 298 g/mol. The molecule has 0 spiro atoms. The molecule has 0 atom stereocenters. The van der Waals surface area contributed by atoms with E-state index in [1.54, 1.807) is 6.20 Å². The summed E-state index contributed by atoms with van der Waals surface area (Å²) in [5, 5.41) is 0. The molecule has 1 aliphatic heterocycles. The van der Waals surface area contributed by atoms with Gasteiger partial charge in [0.2, 0.25) is 5.91 Å². The molecule has 1 aromatic carbocycles. The fourth-order valence-corrected chi connectivity index (χ4v) is 3.15. The van der Waals surface area contributed by atoms with Gasteiger partial charge in [0.05, 0.1) is 6.54 Å². The van der Waals surface area contributed by atoms with Crippen LogP contribution in [0.25, 0.3) is 0 Å². The van der Waals surface area contributed by atoms with Crippen molar-refractivity contribution >= 4 is 5.91 Å². The van der Waals surface area contributed by atoms with Gasteiger partial charge in [-0.05, 0) is 36.5 Å². The first kappa shape index (κ1) is 16.7. The van der Waals surface area contributed by atoms with E-state index in [4.69, 9.17) is 0 Å². The number of likely N-dealkylation sites (tertiary alicyclic amines) is 1. The summed E-state index contributed by atoms with van der Waals surface area (Å²) in [6, 6.07) is 14.5. The molecule has 4 heteroatoms. The van der Waals surface area contributed by atoms with Crippen LogP contribution >= 0.6 is 0 Å². The van der Waals surface area contributed by atoms with Crippen molar-refractivity contribution in [3.05, 3.63) is 66.0 Å². The van der Waals surface area contributed by atoms with Crippen LogP contribution in [0.4, 0.5) is 0 Å². The fraction of sp³-hybridized carbons (Fsp3) is 0.400. The second-order valence-corrected chi connectivity index (χ2v) is 6.40. The second-order valence-electron chi connectivity index (χ2n) is 6.40. The molecule has 1 aromatic heterocycles. The zero-order valence-electron chi connectivity index (χ0n) is 14.1. The van der Waals surface area contributed by atoms with Gasteiger partial charge in [0.15, 0.2) is 0 Å². The standard InChI is InChI=1S/C20H25N3O/c24-20(23-12-4-5-13-23)17-22(16-19-9-6-11-21-15-19)14-10-18-7-2-1-3-8-18/h1-3,6-9,11,15H,4-5,10,12-14,16-17H2. The average Bonchev–Trinajstić information content (AvgIpc) is 3.16. The number of amides is 1. The summed E-state index contributed by atoms with van der Waals surface area (Å²) in [6.45, 7) is 3.96. The summed E-state index contributed by atoms with van der Waals surface area (Å²) in [6.07, 6.45) is 6.90. The fourth-order valence-electron chi connectivity index (χ4n) is 3.15. The predicted molar refractivity (Wildman–Crippen MR) is 95.5 cm³/mol. The topological polar surface area (TPSA) is 36.4 Å². The van der Waals surface area contributed by atoms with Crippen LogP contribution in [-0.2, 0) is 17.8 Å². The van der Waals surface area contributed by atoms with Crippen LogP contribution in [-0.4, -0.2) is 46.9 Å². The Morgan fingerprint density at radius 2 is 1.79 bits per heavy atom. The summed E-state index contributed by atoms with van der Waals surface area (Å²) in [5.41, 5.74) is 2.46. The van der Waals surface area contributed by atoms with E-state index in [1.165, 1.54) is 5.56 Å². The maximum Gasteiger partial charge on any atom is 0.236 e. The lowest BCUT2D eigenvalue weighted by atomic mass is 10.1. The summed E-state index contributed by atoms with van der Waals surface area (Å²) in [5.74, 6) is 0.254. The molecular formula is C20H25N3O. The Balaban J connectivity index is 1.62. The third-order valence-electron chi connectivity index (χ3n) is 4.51. The lowest BCUT2D eigenvalue weighted by Crippen LogP contribution is -2.39. The number of benzene rings is 1. The first-order chi connectivity index (χ1) is 11.8. The minimum atomic E-state index is 0.254. The van der Waals surface area contributed by atoms with Gasteiger partial charge in [-0.2, -0.15) is 0 Å². The molecule has 1 fully saturated rings. The van der Waals surface area contributed by atoms with Crippen molar-refractivity contribution < 1.29 is 4.79 Å². The van der Waals surface area contributed by atoms with Crippen LogP contribution in [0.3, 0.4) is 0 Å². The molecule has 0 bridgehead atoms. The third-order valence-corrected chi connectivity index (χ3v) is 4.51. The Hall–Kier alpha value is -2.20. The van der Waals surface area contributed by atoms with Crippen molar-refractivity contribution in [1.82, 2.24) is 14.8 Å². The molecule has 1 aliphatic rings. The Morgan fingerprint density at radius 3 is 2.50 bits per heavy atom. The number of carbonyl (C=O) groups is 1. The number of pyridine rings is 1. The summed E-state index contributed by atoms with van der Waals surface area (Å²) >= 11 is 0. The highest BCUT2D eigenvalue weighted by atomic mass is 16.2. The molecule has 1 saturated heterocycles. The Labute approximate surface area is 144 Å². The van der Waals surface area contributed by atoms with E-state index in [0.717, 1.165) is 51.0 Å². The number of aromatic nitrogens is 1. The number of hydrogen-bond acceptors (Lipinski definition) is 3. The zero-order chi connectivity index (χ0) is 16.6. The van der Waals surface area contributed by atoms with E-state index in [0.29, 0.717) is 6.54 Å². The van der Waals surface area contributed by atoms with E-state index < -0.39 is 0 Å². The molecule has 1 amide bonds. The predicted octanol–water partition coefficient (Wildman–Crippen LogP) is 2.75. The Kier molecular flexibility index (Phi) is 5.96. The first-order valence-corrected chi connectivity index (χ1v) is 8.74. The second kappa shape index (κ2) is 8.60. The Bertz CT molecular complexity index is 624. The van der Waals surface area contributed by atoms with Gasteiger partial charge in [-0.15, -0.1) is 0 Å². The van der Waals surface area contributed by atoms with Crippen LogP contribution in [0, 0.1) is 0 Å². The van der Waals surface area contributed by atoms with Crippen molar-refractivity contribution in [3.8, 4) is 0 Å². The quantitative estimate of drug-likeness (QED) is 0.786. The van der Waals surface area contributed by atoms with Gasteiger partial charge in [0.25, 0.3) is 0 Å². The van der Waals surface area contributed by atoms with Crippen molar-refractivity contribution in [2.75, 3.05) is 26.2 Å². The van der Waals surface area contributed by atoms with Crippen LogP contribution in [0.1, 0.15) is 24.0 Å². The van der Waals surface area contributed by atoms with Gasteiger partial charge in [-0.25, -0.2) is 0 Å². The maximum absolute atomic E-state index is 12.5. The van der Waals surface area contributed by atoms with Crippen molar-refractivity contribution in [1.29, 1.82) is 0 Å². The third kappa shape index (κ3) is 4.90. The number of carbonyl (C=O) groups excluding carboxylic acids is 1. The van der Waals surface area contributed by atoms with E-state index >= 15 is 0 Å². The largest absolute Gasteiger partial charge is 0.342 e. The van der Waals surface area contributed by atoms with Gasteiger partial charge in [0, 0.05) is 38.6 Å². The molecule has 0 unspecified atom stereocenters. The normalized spacial score (nSPS) is 14.3. The lowest BCUT2D eigenvalue weighted by molar-refractivity contribution is -0.131. The minimum absolute atomic E-state index is 0.254. The summed E-state index contributed by atoms with van der Waals surface area (Å²) < 4.78 is 0. The Morgan fingerprint density at radius 1 is 1.04 bits per heavy atom. The molecule has 2 aromatic rings. The van der Waals surface area contributed by atoms with E-state index in [9.17, 15) is 4.79 Å².